The lowest BCUT2D eigenvalue weighted by Gasteiger charge is -2.15. The average Bonchev–Trinajstić information content (AvgIpc) is 2.21. The Labute approximate surface area is 97.6 Å². The summed E-state index contributed by atoms with van der Waals surface area (Å²) in [6, 6.07) is 0.204. The van der Waals surface area contributed by atoms with E-state index in [0.717, 1.165) is 18.7 Å². The van der Waals surface area contributed by atoms with Crippen molar-refractivity contribution in [2.75, 3.05) is 12.3 Å². The minimum Gasteiger partial charge on any atom is -0.355 e. The van der Waals surface area contributed by atoms with Gasteiger partial charge < -0.3 is 11.1 Å². The quantitative estimate of drug-likeness (QED) is 0.701. The van der Waals surface area contributed by atoms with Crippen LogP contribution in [0.1, 0.15) is 34.1 Å². The van der Waals surface area contributed by atoms with Crippen LogP contribution < -0.4 is 11.1 Å². The van der Waals surface area contributed by atoms with Gasteiger partial charge in [-0.05, 0) is 19.3 Å². The van der Waals surface area contributed by atoms with Crippen LogP contribution in [0.2, 0.25) is 0 Å². The fraction of sp³-hybridized carbons (Fsp3) is 0.909. The minimum absolute atomic E-state index is 0.00125. The van der Waals surface area contributed by atoms with Crippen molar-refractivity contribution in [2.45, 2.75) is 45.4 Å². The van der Waals surface area contributed by atoms with Crippen molar-refractivity contribution in [3.8, 4) is 0 Å². The van der Waals surface area contributed by atoms with Gasteiger partial charge in [0.1, 0.15) is 0 Å². The van der Waals surface area contributed by atoms with Crippen LogP contribution in [-0.2, 0) is 4.79 Å². The topological polar surface area (TPSA) is 55.1 Å². The summed E-state index contributed by atoms with van der Waals surface area (Å²) >= 11 is 1.63. The molecule has 0 spiro atoms. The van der Waals surface area contributed by atoms with E-state index in [1.807, 2.05) is 6.92 Å². The smallest absolute Gasteiger partial charge is 0.232 e. The molecule has 0 fully saturated rings. The number of rotatable bonds is 7. The van der Waals surface area contributed by atoms with Crippen LogP contribution in [0, 0.1) is 5.92 Å². The number of thioether (sulfide) groups is 1. The lowest BCUT2D eigenvalue weighted by atomic mass is 10.2. The third-order valence-corrected chi connectivity index (χ3v) is 3.47. The molecule has 0 rings (SSSR count). The number of hydrogen-bond donors (Lipinski definition) is 2. The Hall–Kier alpha value is -0.220. The molecule has 0 saturated carbocycles. The molecule has 0 aromatic carbocycles. The lowest BCUT2D eigenvalue weighted by molar-refractivity contribution is -0.120. The van der Waals surface area contributed by atoms with Gasteiger partial charge in [0.2, 0.25) is 5.91 Å². The highest BCUT2D eigenvalue weighted by Gasteiger charge is 2.14. The Morgan fingerprint density at radius 1 is 1.40 bits per heavy atom. The molecule has 0 aliphatic heterocycles. The minimum atomic E-state index is 0.00125. The van der Waals surface area contributed by atoms with Gasteiger partial charge in [-0.15, -0.1) is 11.8 Å². The van der Waals surface area contributed by atoms with E-state index in [1.54, 1.807) is 11.8 Å². The van der Waals surface area contributed by atoms with Gasteiger partial charge in [-0.2, -0.15) is 0 Å². The molecule has 0 aliphatic rings. The molecule has 0 radical (unpaired) electrons. The summed E-state index contributed by atoms with van der Waals surface area (Å²) in [7, 11) is 0. The maximum Gasteiger partial charge on any atom is 0.232 e. The number of nitrogens with one attached hydrogen (secondary N) is 1. The van der Waals surface area contributed by atoms with E-state index in [-0.39, 0.29) is 17.2 Å². The SMILES string of the molecule is CCC(N)CSC(C)C(=O)NCC(C)C. The highest BCUT2D eigenvalue weighted by molar-refractivity contribution is 8.00. The third-order valence-electron chi connectivity index (χ3n) is 2.14. The first kappa shape index (κ1) is 14.8. The number of carbonyl (C=O) groups is 1. The zero-order valence-corrected chi connectivity index (χ0v) is 11.1. The largest absolute Gasteiger partial charge is 0.355 e. The normalized spacial score (nSPS) is 15.1. The van der Waals surface area contributed by atoms with E-state index in [2.05, 4.69) is 26.1 Å². The summed E-state index contributed by atoms with van der Waals surface area (Å²) in [6.07, 6.45) is 0.966. The number of carbonyl (C=O) groups excluding carboxylic acids is 1. The fourth-order valence-electron chi connectivity index (χ4n) is 0.910. The van der Waals surface area contributed by atoms with Crippen molar-refractivity contribution >= 4 is 17.7 Å². The first-order chi connectivity index (χ1) is 6.97. The van der Waals surface area contributed by atoms with Gasteiger partial charge in [-0.3, -0.25) is 4.79 Å². The van der Waals surface area contributed by atoms with E-state index < -0.39 is 0 Å². The maximum absolute atomic E-state index is 11.6. The van der Waals surface area contributed by atoms with E-state index in [9.17, 15) is 4.79 Å². The molecule has 0 aromatic rings. The summed E-state index contributed by atoms with van der Waals surface area (Å²) in [5.41, 5.74) is 5.79. The van der Waals surface area contributed by atoms with Gasteiger partial charge >= 0.3 is 0 Å². The van der Waals surface area contributed by atoms with Gasteiger partial charge in [0.25, 0.3) is 0 Å². The Balaban J connectivity index is 3.69. The van der Waals surface area contributed by atoms with Gasteiger partial charge in [0, 0.05) is 18.3 Å². The van der Waals surface area contributed by atoms with Crippen molar-refractivity contribution < 1.29 is 4.79 Å². The molecule has 3 N–H and O–H groups in total. The van der Waals surface area contributed by atoms with Crippen molar-refractivity contribution in [2.24, 2.45) is 11.7 Å². The zero-order valence-electron chi connectivity index (χ0n) is 10.2. The molecule has 3 nitrogen and oxygen atoms in total. The first-order valence-corrected chi connectivity index (χ1v) is 6.67. The standard InChI is InChI=1S/C11H24N2OS/c1-5-10(12)7-15-9(4)11(14)13-6-8(2)3/h8-10H,5-7,12H2,1-4H3,(H,13,14). The second-order valence-electron chi connectivity index (χ2n) is 4.28. The molecule has 15 heavy (non-hydrogen) atoms. The van der Waals surface area contributed by atoms with Gasteiger partial charge in [0.15, 0.2) is 0 Å². The molecule has 0 heterocycles. The van der Waals surface area contributed by atoms with Gasteiger partial charge in [-0.1, -0.05) is 20.8 Å². The molecule has 0 aliphatic carbocycles. The van der Waals surface area contributed by atoms with Crippen LogP contribution in [0.15, 0.2) is 0 Å². The Morgan fingerprint density at radius 2 is 2.00 bits per heavy atom. The second kappa shape index (κ2) is 7.99. The summed E-state index contributed by atoms with van der Waals surface area (Å²) in [6.45, 7) is 8.93. The number of nitrogens with two attached hydrogens (primary N) is 1. The Bertz CT molecular complexity index is 185. The van der Waals surface area contributed by atoms with E-state index in [1.165, 1.54) is 0 Å². The van der Waals surface area contributed by atoms with E-state index >= 15 is 0 Å². The second-order valence-corrected chi connectivity index (χ2v) is 5.66. The van der Waals surface area contributed by atoms with Crippen LogP contribution in [-0.4, -0.2) is 29.5 Å². The molecular formula is C11H24N2OS. The molecule has 90 valence electrons. The zero-order chi connectivity index (χ0) is 11.8. The third kappa shape index (κ3) is 7.68. The lowest BCUT2D eigenvalue weighted by Crippen LogP contribution is -2.34. The molecule has 0 bridgehead atoms. The monoisotopic (exact) mass is 232 g/mol. The first-order valence-electron chi connectivity index (χ1n) is 5.62. The maximum atomic E-state index is 11.6. The molecule has 2 unspecified atom stereocenters. The molecular weight excluding hydrogens is 208 g/mol. The summed E-state index contributed by atoms with van der Waals surface area (Å²) in [4.78, 5) is 11.6. The predicted molar refractivity (Wildman–Crippen MR) is 68.0 cm³/mol. The summed E-state index contributed by atoms with van der Waals surface area (Å²) in [5, 5.41) is 2.92. The number of amides is 1. The summed E-state index contributed by atoms with van der Waals surface area (Å²) < 4.78 is 0. The molecule has 1 amide bonds. The van der Waals surface area contributed by atoms with Gasteiger partial charge in [0.05, 0.1) is 5.25 Å². The predicted octanol–water partition coefficient (Wildman–Crippen LogP) is 1.62. The van der Waals surface area contributed by atoms with Crippen LogP contribution in [0.3, 0.4) is 0 Å². The highest BCUT2D eigenvalue weighted by atomic mass is 32.2. The molecule has 2 atom stereocenters. The Morgan fingerprint density at radius 3 is 2.47 bits per heavy atom. The molecule has 0 saturated heterocycles. The van der Waals surface area contributed by atoms with Gasteiger partial charge in [-0.25, -0.2) is 0 Å². The number of hydrogen-bond acceptors (Lipinski definition) is 3. The molecule has 0 aromatic heterocycles. The fourth-order valence-corrected chi connectivity index (χ4v) is 1.92. The van der Waals surface area contributed by atoms with E-state index in [4.69, 9.17) is 5.73 Å². The van der Waals surface area contributed by atoms with Crippen molar-refractivity contribution in [1.82, 2.24) is 5.32 Å². The van der Waals surface area contributed by atoms with Crippen LogP contribution in [0.5, 0.6) is 0 Å². The summed E-state index contributed by atoms with van der Waals surface area (Å²) in [5.74, 6) is 1.48. The van der Waals surface area contributed by atoms with Crippen molar-refractivity contribution in [3.63, 3.8) is 0 Å². The van der Waals surface area contributed by atoms with Crippen LogP contribution in [0.4, 0.5) is 0 Å². The Kier molecular flexibility index (Phi) is 7.88. The van der Waals surface area contributed by atoms with E-state index in [0.29, 0.717) is 5.92 Å². The average molecular weight is 232 g/mol. The van der Waals surface area contributed by atoms with Crippen molar-refractivity contribution in [1.29, 1.82) is 0 Å². The van der Waals surface area contributed by atoms with Crippen molar-refractivity contribution in [3.05, 3.63) is 0 Å². The van der Waals surface area contributed by atoms with Crippen LogP contribution in [0.25, 0.3) is 0 Å². The highest BCUT2D eigenvalue weighted by Crippen LogP contribution is 2.12. The molecule has 4 heteroatoms. The van der Waals surface area contributed by atoms with Crippen LogP contribution >= 0.6 is 11.8 Å².